The summed E-state index contributed by atoms with van der Waals surface area (Å²) in [5.41, 5.74) is 26.1. The molecule has 13 heteroatoms. The molecule has 0 unspecified atom stereocenters. The number of piperidine rings is 2. The number of nitrogens with one attached hydrogen (secondary N) is 2. The van der Waals surface area contributed by atoms with Crippen molar-refractivity contribution in [3.63, 3.8) is 0 Å². The minimum atomic E-state index is -0.179. The number of nitrogens with two attached hydrogens (primary N) is 4. The molecule has 3 heterocycles. The first-order valence-corrected chi connectivity index (χ1v) is 11.7. The lowest BCUT2D eigenvalue weighted by Crippen LogP contribution is -2.54. The highest BCUT2D eigenvalue weighted by molar-refractivity contribution is 5.89. The van der Waals surface area contributed by atoms with E-state index in [9.17, 15) is 4.79 Å². The summed E-state index contributed by atoms with van der Waals surface area (Å²) in [5.74, 6) is 1.62. The summed E-state index contributed by atoms with van der Waals surface area (Å²) >= 11 is 0. The molecular weight excluding hydrogens is 450 g/mol. The van der Waals surface area contributed by atoms with E-state index in [0.29, 0.717) is 61.1 Å². The van der Waals surface area contributed by atoms with E-state index in [1.165, 1.54) is 6.92 Å². The van der Waals surface area contributed by atoms with Gasteiger partial charge in [0.25, 0.3) is 0 Å². The summed E-state index contributed by atoms with van der Waals surface area (Å²) in [7, 11) is 1.57. The molecule has 0 saturated carbocycles. The number of carbonyl (C=O) groups is 1. The Morgan fingerprint density at radius 2 is 1.43 bits per heavy atom. The van der Waals surface area contributed by atoms with Gasteiger partial charge in [-0.2, -0.15) is 15.0 Å². The van der Waals surface area contributed by atoms with Crippen LogP contribution in [0.15, 0.2) is 18.2 Å². The van der Waals surface area contributed by atoms with Crippen molar-refractivity contribution in [1.82, 2.24) is 15.0 Å². The highest BCUT2D eigenvalue weighted by Crippen LogP contribution is 2.31. The van der Waals surface area contributed by atoms with Crippen LogP contribution in [0.4, 0.5) is 29.2 Å². The molecule has 1 amide bonds. The number of amides is 1. The van der Waals surface area contributed by atoms with E-state index in [1.54, 1.807) is 25.3 Å². The maximum absolute atomic E-state index is 11.5. The van der Waals surface area contributed by atoms with Crippen molar-refractivity contribution >= 4 is 35.1 Å². The maximum atomic E-state index is 11.5. The maximum Gasteiger partial charge on any atom is 0.233 e. The van der Waals surface area contributed by atoms with Crippen LogP contribution in [0.3, 0.4) is 0 Å². The van der Waals surface area contributed by atoms with E-state index in [-0.39, 0.29) is 30.1 Å². The second-order valence-electron chi connectivity index (χ2n) is 9.30. The van der Waals surface area contributed by atoms with Gasteiger partial charge in [-0.25, -0.2) is 0 Å². The van der Waals surface area contributed by atoms with Crippen LogP contribution in [0.1, 0.15) is 19.8 Å². The number of ether oxygens (including phenoxy) is 1. The van der Waals surface area contributed by atoms with Crippen LogP contribution in [0, 0.1) is 0 Å². The highest BCUT2D eigenvalue weighted by atomic mass is 16.5. The molecule has 4 atom stereocenters. The van der Waals surface area contributed by atoms with Crippen LogP contribution in [-0.2, 0) is 4.79 Å². The molecule has 2 aliphatic heterocycles. The summed E-state index contributed by atoms with van der Waals surface area (Å²) < 4.78 is 5.49. The first-order valence-electron chi connectivity index (χ1n) is 11.7. The fourth-order valence-corrected chi connectivity index (χ4v) is 4.58. The van der Waals surface area contributed by atoms with Crippen molar-refractivity contribution in [2.24, 2.45) is 22.9 Å². The van der Waals surface area contributed by atoms with Gasteiger partial charge in [0.15, 0.2) is 0 Å². The Kier molecular flexibility index (Phi) is 7.50. The molecule has 0 aliphatic carbocycles. The Morgan fingerprint density at radius 1 is 0.914 bits per heavy atom. The summed E-state index contributed by atoms with van der Waals surface area (Å²) in [6, 6.07) is 4.93. The van der Waals surface area contributed by atoms with Crippen LogP contribution in [0.5, 0.6) is 5.75 Å². The number of hydrogen-bond donors (Lipinski definition) is 6. The van der Waals surface area contributed by atoms with Crippen molar-refractivity contribution in [2.45, 2.75) is 43.9 Å². The minimum absolute atomic E-state index is 0.0818. The number of carbonyl (C=O) groups excluding carboxylic acids is 1. The largest absolute Gasteiger partial charge is 0.495 e. The summed E-state index contributed by atoms with van der Waals surface area (Å²) in [6.07, 6.45) is 1.48. The molecule has 1 aromatic heterocycles. The smallest absolute Gasteiger partial charge is 0.233 e. The summed E-state index contributed by atoms with van der Waals surface area (Å²) in [6.45, 7) is 3.77. The fraction of sp³-hybridized carbons (Fsp3) is 0.545. The number of benzene rings is 1. The molecule has 10 N–H and O–H groups in total. The Labute approximate surface area is 204 Å². The van der Waals surface area contributed by atoms with Crippen LogP contribution in [0.25, 0.3) is 0 Å². The molecule has 2 aliphatic rings. The SMILES string of the molecule is COc1ccc(NC(C)=O)cc1Nc1nc(N2C[C@H](N)C[C@H](N)C2)nc(N2C[C@H](N)C[C@H](N)C2)n1. The number of methoxy groups -OCH3 is 1. The standard InChI is InChI=1S/C22H35N11O2/c1-12(34)27-17-3-4-19(35-2)18(7-17)28-20-29-21(32-8-13(23)5-14(24)9-32)31-22(30-20)33-10-15(25)6-16(26)11-33/h3-4,7,13-16H,5-6,8-11,23-26H2,1-2H3,(H,27,34)(H,28,29,30,31)/t13-,14+,15-,16+. The average molecular weight is 486 g/mol. The van der Waals surface area contributed by atoms with Crippen molar-refractivity contribution < 1.29 is 9.53 Å². The molecule has 0 bridgehead atoms. The molecule has 2 aromatic rings. The molecule has 35 heavy (non-hydrogen) atoms. The zero-order valence-corrected chi connectivity index (χ0v) is 20.1. The van der Waals surface area contributed by atoms with Crippen LogP contribution in [-0.4, -0.2) is 78.3 Å². The van der Waals surface area contributed by atoms with Gasteiger partial charge in [-0.3, -0.25) is 4.79 Å². The van der Waals surface area contributed by atoms with Gasteiger partial charge >= 0.3 is 0 Å². The zero-order valence-electron chi connectivity index (χ0n) is 20.1. The van der Waals surface area contributed by atoms with E-state index >= 15 is 0 Å². The molecule has 4 rings (SSSR count). The molecule has 13 nitrogen and oxygen atoms in total. The highest BCUT2D eigenvalue weighted by Gasteiger charge is 2.29. The first kappa shape index (κ1) is 24.9. The van der Waals surface area contributed by atoms with Gasteiger partial charge in [0.05, 0.1) is 12.8 Å². The number of aromatic nitrogens is 3. The topological polar surface area (TPSA) is 200 Å². The number of hydrogen-bond acceptors (Lipinski definition) is 12. The Bertz CT molecular complexity index is 988. The Balaban J connectivity index is 1.71. The van der Waals surface area contributed by atoms with Crippen molar-refractivity contribution in [2.75, 3.05) is 53.7 Å². The van der Waals surface area contributed by atoms with E-state index in [4.69, 9.17) is 32.7 Å². The molecular formula is C22H35N11O2. The van der Waals surface area contributed by atoms with Crippen molar-refractivity contribution in [3.8, 4) is 5.75 Å². The third-order valence-electron chi connectivity index (χ3n) is 5.97. The van der Waals surface area contributed by atoms with Crippen molar-refractivity contribution in [1.29, 1.82) is 0 Å². The quantitative estimate of drug-likeness (QED) is 0.301. The molecule has 2 saturated heterocycles. The van der Waals surface area contributed by atoms with E-state index < -0.39 is 0 Å². The molecule has 190 valence electrons. The molecule has 0 spiro atoms. The number of anilines is 5. The van der Waals surface area contributed by atoms with Crippen LogP contribution in [0.2, 0.25) is 0 Å². The van der Waals surface area contributed by atoms with Gasteiger partial charge in [0.2, 0.25) is 23.8 Å². The van der Waals surface area contributed by atoms with E-state index in [2.05, 4.69) is 20.6 Å². The monoisotopic (exact) mass is 485 g/mol. The number of nitrogens with zero attached hydrogens (tertiary/aromatic N) is 5. The van der Waals surface area contributed by atoms with E-state index in [1.807, 2.05) is 9.80 Å². The molecule has 1 aromatic carbocycles. The lowest BCUT2D eigenvalue weighted by Gasteiger charge is -2.37. The summed E-state index contributed by atoms with van der Waals surface area (Å²) in [5, 5.41) is 5.99. The zero-order chi connectivity index (χ0) is 25.1. The fourth-order valence-electron chi connectivity index (χ4n) is 4.58. The van der Waals surface area contributed by atoms with E-state index in [0.717, 1.165) is 12.8 Å². The third-order valence-corrected chi connectivity index (χ3v) is 5.97. The van der Waals surface area contributed by atoms with Gasteiger partial charge in [-0.1, -0.05) is 0 Å². The summed E-state index contributed by atoms with van der Waals surface area (Å²) in [4.78, 5) is 29.6. The predicted octanol–water partition coefficient (Wildman–Crippen LogP) is -0.688. The van der Waals surface area contributed by atoms with Gasteiger partial charge in [-0.05, 0) is 31.0 Å². The Hall–Kier alpha value is -3.26. The average Bonchev–Trinajstić information content (AvgIpc) is 2.77. The minimum Gasteiger partial charge on any atom is -0.495 e. The number of rotatable bonds is 6. The first-order chi connectivity index (χ1) is 16.7. The van der Waals surface area contributed by atoms with Gasteiger partial charge in [0.1, 0.15) is 5.75 Å². The predicted molar refractivity (Wildman–Crippen MR) is 136 cm³/mol. The normalized spacial score (nSPS) is 24.7. The second kappa shape index (κ2) is 10.6. The van der Waals surface area contributed by atoms with Crippen LogP contribution >= 0.6 is 0 Å². The second-order valence-corrected chi connectivity index (χ2v) is 9.30. The van der Waals surface area contributed by atoms with Crippen molar-refractivity contribution in [3.05, 3.63) is 18.2 Å². The van der Waals surface area contributed by atoms with Gasteiger partial charge in [-0.15, -0.1) is 0 Å². The van der Waals surface area contributed by atoms with Gasteiger partial charge < -0.3 is 48.1 Å². The van der Waals surface area contributed by atoms with Crippen LogP contribution < -0.4 is 48.1 Å². The Morgan fingerprint density at radius 3 is 1.89 bits per heavy atom. The van der Waals surface area contributed by atoms with Gasteiger partial charge in [0, 0.05) is 63.0 Å². The molecule has 2 fully saturated rings. The molecule has 0 radical (unpaired) electrons. The lowest BCUT2D eigenvalue weighted by atomic mass is 10.0. The third kappa shape index (κ3) is 6.25. The lowest BCUT2D eigenvalue weighted by molar-refractivity contribution is -0.114.